The van der Waals surface area contributed by atoms with Crippen molar-refractivity contribution in [3.05, 3.63) is 64.9 Å². The molecule has 1 fully saturated rings. The van der Waals surface area contributed by atoms with Gasteiger partial charge < -0.3 is 10.2 Å². The zero-order valence-corrected chi connectivity index (χ0v) is 18.6. The standard InChI is InChI=1S/C24H25N5O2S/c30-21(28-14-12-27(13-15-28)16-17-6-2-1-3-7-17)11-10-20-23(31)29-22(25-20)18-8-4-5-9-19(18)26-24(29)32/h1-9,20,25H,10-16H2. The Bertz CT molecular complexity index is 1220. The van der Waals surface area contributed by atoms with Crippen LogP contribution < -0.4 is 5.32 Å². The minimum Gasteiger partial charge on any atom is -0.359 e. The molecular weight excluding hydrogens is 422 g/mol. The molecule has 0 saturated carbocycles. The van der Waals surface area contributed by atoms with Crippen molar-refractivity contribution in [2.75, 3.05) is 31.5 Å². The highest BCUT2D eigenvalue weighted by Crippen LogP contribution is 2.29. The number of para-hydroxylation sites is 1. The Hall–Kier alpha value is -3.10. The second-order valence-electron chi connectivity index (χ2n) is 8.31. The maximum Gasteiger partial charge on any atom is 0.257 e. The van der Waals surface area contributed by atoms with Crippen molar-refractivity contribution in [1.29, 1.82) is 0 Å². The molecule has 2 aliphatic rings. The molecule has 0 aliphatic carbocycles. The van der Waals surface area contributed by atoms with Crippen molar-refractivity contribution < 1.29 is 9.59 Å². The molecule has 164 valence electrons. The van der Waals surface area contributed by atoms with Crippen LogP contribution in [0.4, 0.5) is 5.82 Å². The molecule has 0 radical (unpaired) electrons. The average Bonchev–Trinajstić information content (AvgIpc) is 3.16. The molecule has 8 heteroatoms. The lowest BCUT2D eigenvalue weighted by atomic mass is 10.1. The van der Waals surface area contributed by atoms with E-state index >= 15 is 0 Å². The van der Waals surface area contributed by atoms with Crippen molar-refractivity contribution in [3.63, 3.8) is 0 Å². The van der Waals surface area contributed by atoms with Gasteiger partial charge in [-0.05, 0) is 36.3 Å². The number of piperazine rings is 1. The van der Waals surface area contributed by atoms with Crippen molar-refractivity contribution in [1.82, 2.24) is 19.4 Å². The smallest absolute Gasteiger partial charge is 0.257 e. The molecule has 1 N–H and O–H groups in total. The summed E-state index contributed by atoms with van der Waals surface area (Å²) in [6, 6.07) is 17.5. The monoisotopic (exact) mass is 447 g/mol. The summed E-state index contributed by atoms with van der Waals surface area (Å²) in [6.45, 7) is 4.07. The summed E-state index contributed by atoms with van der Waals surface area (Å²) in [6.07, 6.45) is 0.765. The third kappa shape index (κ3) is 4.03. The molecular formula is C24H25N5O2S. The first-order valence-electron chi connectivity index (χ1n) is 11.0. The number of carbonyl (C=O) groups excluding carboxylic acids is 2. The number of hydrogen-bond donors (Lipinski definition) is 1. The van der Waals surface area contributed by atoms with Crippen LogP contribution in [0, 0.1) is 4.77 Å². The number of benzene rings is 2. The number of nitrogens with one attached hydrogen (secondary N) is 1. The van der Waals surface area contributed by atoms with E-state index in [1.165, 1.54) is 10.1 Å². The second-order valence-corrected chi connectivity index (χ2v) is 8.68. The Morgan fingerprint density at radius 2 is 1.75 bits per heavy atom. The fourth-order valence-corrected chi connectivity index (χ4v) is 4.77. The van der Waals surface area contributed by atoms with Gasteiger partial charge in [0.25, 0.3) is 5.91 Å². The molecule has 5 rings (SSSR count). The third-order valence-electron chi connectivity index (χ3n) is 6.24. The summed E-state index contributed by atoms with van der Waals surface area (Å²) < 4.78 is 1.72. The van der Waals surface area contributed by atoms with E-state index in [1.807, 2.05) is 35.2 Å². The third-order valence-corrected chi connectivity index (χ3v) is 6.51. The number of nitrogens with zero attached hydrogens (tertiary/aromatic N) is 4. The minimum absolute atomic E-state index is 0.0986. The van der Waals surface area contributed by atoms with Gasteiger partial charge in [-0.15, -0.1) is 0 Å². The molecule has 1 aromatic heterocycles. The van der Waals surface area contributed by atoms with E-state index in [9.17, 15) is 9.59 Å². The molecule has 1 saturated heterocycles. The molecule has 3 heterocycles. The number of hydrogen-bond acceptors (Lipinski definition) is 6. The molecule has 2 aromatic carbocycles. The van der Waals surface area contributed by atoms with Crippen LogP contribution in [0.15, 0.2) is 54.6 Å². The highest BCUT2D eigenvalue weighted by atomic mass is 32.1. The summed E-state index contributed by atoms with van der Waals surface area (Å²) in [7, 11) is 0. The maximum absolute atomic E-state index is 12.9. The Balaban J connectivity index is 1.17. The number of carbonyl (C=O) groups is 2. The lowest BCUT2D eigenvalue weighted by Crippen LogP contribution is -2.48. The van der Waals surface area contributed by atoms with Crippen molar-refractivity contribution >= 4 is 40.8 Å². The Kier molecular flexibility index (Phi) is 5.71. The van der Waals surface area contributed by atoms with E-state index in [-0.39, 0.29) is 16.6 Å². The minimum atomic E-state index is -0.465. The zero-order chi connectivity index (χ0) is 22.1. The van der Waals surface area contributed by atoms with E-state index < -0.39 is 6.04 Å². The maximum atomic E-state index is 12.9. The predicted octanol–water partition coefficient (Wildman–Crippen LogP) is 3.32. The molecule has 1 atom stereocenters. The molecule has 2 aliphatic heterocycles. The van der Waals surface area contributed by atoms with E-state index in [0.29, 0.717) is 18.7 Å². The Morgan fingerprint density at radius 1 is 1.03 bits per heavy atom. The summed E-state index contributed by atoms with van der Waals surface area (Å²) in [5.74, 6) is 0.641. The van der Waals surface area contributed by atoms with Gasteiger partial charge in [-0.3, -0.25) is 14.5 Å². The largest absolute Gasteiger partial charge is 0.359 e. The number of anilines is 1. The SMILES string of the molecule is O=C(CCC1Nc2c3ccccc3nc(=S)n2C1=O)N1CCN(Cc2ccccc2)CC1. The Morgan fingerprint density at radius 3 is 2.53 bits per heavy atom. The normalized spacial score (nSPS) is 18.6. The summed E-state index contributed by atoms with van der Waals surface area (Å²) in [5, 5.41) is 4.15. The van der Waals surface area contributed by atoms with Gasteiger partial charge in [-0.25, -0.2) is 9.55 Å². The first kappa shape index (κ1) is 20.8. The van der Waals surface area contributed by atoms with Crippen molar-refractivity contribution in [2.24, 2.45) is 0 Å². The van der Waals surface area contributed by atoms with Gasteiger partial charge in [-0.1, -0.05) is 42.5 Å². The quantitative estimate of drug-likeness (QED) is 0.605. The van der Waals surface area contributed by atoms with Crippen LogP contribution in [0.5, 0.6) is 0 Å². The lowest BCUT2D eigenvalue weighted by molar-refractivity contribution is -0.133. The first-order valence-corrected chi connectivity index (χ1v) is 11.4. The molecule has 3 aromatic rings. The van der Waals surface area contributed by atoms with Crippen LogP contribution in [-0.4, -0.2) is 63.4 Å². The van der Waals surface area contributed by atoms with Gasteiger partial charge in [0, 0.05) is 44.5 Å². The van der Waals surface area contributed by atoms with E-state index in [1.54, 1.807) is 0 Å². The molecule has 1 unspecified atom stereocenters. The highest BCUT2D eigenvalue weighted by Gasteiger charge is 2.32. The number of fused-ring (bicyclic) bond motifs is 3. The predicted molar refractivity (Wildman–Crippen MR) is 126 cm³/mol. The number of aromatic nitrogens is 2. The van der Waals surface area contributed by atoms with Gasteiger partial charge in [0.05, 0.1) is 5.52 Å². The molecule has 1 amide bonds. The highest BCUT2D eigenvalue weighted by molar-refractivity contribution is 7.71. The van der Waals surface area contributed by atoms with Crippen LogP contribution in [0.3, 0.4) is 0 Å². The Labute approximate surface area is 191 Å². The van der Waals surface area contributed by atoms with E-state index in [4.69, 9.17) is 12.2 Å². The topological polar surface area (TPSA) is 70.5 Å². The van der Waals surface area contributed by atoms with Crippen molar-refractivity contribution in [3.8, 4) is 0 Å². The fourth-order valence-electron chi connectivity index (χ4n) is 4.49. The van der Waals surface area contributed by atoms with Gasteiger partial charge in [0.2, 0.25) is 10.7 Å². The van der Waals surface area contributed by atoms with Crippen LogP contribution in [0.2, 0.25) is 0 Å². The first-order chi connectivity index (χ1) is 15.6. The van der Waals surface area contributed by atoms with Crippen LogP contribution >= 0.6 is 12.2 Å². The van der Waals surface area contributed by atoms with Crippen molar-refractivity contribution in [2.45, 2.75) is 25.4 Å². The summed E-state index contributed by atoms with van der Waals surface area (Å²) in [4.78, 5) is 34.4. The second kappa shape index (κ2) is 8.80. The lowest BCUT2D eigenvalue weighted by Gasteiger charge is -2.35. The molecule has 0 bridgehead atoms. The number of amides is 1. The van der Waals surface area contributed by atoms with Crippen LogP contribution in [0.1, 0.15) is 23.2 Å². The summed E-state index contributed by atoms with van der Waals surface area (Å²) >= 11 is 5.34. The summed E-state index contributed by atoms with van der Waals surface area (Å²) in [5.41, 5.74) is 2.05. The van der Waals surface area contributed by atoms with Gasteiger partial charge in [0.15, 0.2) is 0 Å². The van der Waals surface area contributed by atoms with Gasteiger partial charge in [0.1, 0.15) is 11.9 Å². The molecule has 0 spiro atoms. The van der Waals surface area contributed by atoms with Gasteiger partial charge in [-0.2, -0.15) is 0 Å². The van der Waals surface area contributed by atoms with Gasteiger partial charge >= 0.3 is 0 Å². The van der Waals surface area contributed by atoms with E-state index in [2.05, 4.69) is 39.5 Å². The van der Waals surface area contributed by atoms with E-state index in [0.717, 1.165) is 43.6 Å². The average molecular weight is 448 g/mol. The van der Waals surface area contributed by atoms with Crippen LogP contribution in [-0.2, 0) is 11.3 Å². The van der Waals surface area contributed by atoms with Crippen LogP contribution in [0.25, 0.3) is 10.9 Å². The molecule has 7 nitrogen and oxygen atoms in total. The molecule has 32 heavy (non-hydrogen) atoms. The zero-order valence-electron chi connectivity index (χ0n) is 17.7. The number of rotatable bonds is 5. The fraction of sp³-hybridized carbons (Fsp3) is 0.333.